The first-order chi connectivity index (χ1) is 9.22. The van der Waals surface area contributed by atoms with Gasteiger partial charge < -0.3 is 15.0 Å². The first-order valence-corrected chi connectivity index (χ1v) is 6.82. The van der Waals surface area contributed by atoms with Gasteiger partial charge in [-0.3, -0.25) is 4.79 Å². The molecular weight excluding hydrogens is 240 g/mol. The van der Waals surface area contributed by atoms with Crippen LogP contribution < -0.4 is 5.32 Å². The lowest BCUT2D eigenvalue weighted by molar-refractivity contribution is -0.00389. The van der Waals surface area contributed by atoms with Gasteiger partial charge in [0.15, 0.2) is 0 Å². The van der Waals surface area contributed by atoms with Crippen LogP contribution in [0.25, 0.3) is 0 Å². The lowest BCUT2D eigenvalue weighted by Gasteiger charge is -2.35. The van der Waals surface area contributed by atoms with Crippen molar-refractivity contribution < 1.29 is 9.53 Å². The molecule has 1 N–H and O–H groups in total. The molecule has 19 heavy (non-hydrogen) atoms. The van der Waals surface area contributed by atoms with Crippen molar-refractivity contribution in [3.05, 3.63) is 35.4 Å². The maximum absolute atomic E-state index is 12.5. The van der Waals surface area contributed by atoms with Gasteiger partial charge in [-0.15, -0.1) is 0 Å². The third-order valence-corrected chi connectivity index (χ3v) is 3.51. The van der Waals surface area contributed by atoms with Gasteiger partial charge in [0.1, 0.15) is 0 Å². The molecule has 4 heteroatoms. The zero-order valence-corrected chi connectivity index (χ0v) is 11.7. The van der Waals surface area contributed by atoms with Gasteiger partial charge in [0, 0.05) is 12.1 Å². The molecule has 4 nitrogen and oxygen atoms in total. The molecule has 0 aliphatic carbocycles. The Morgan fingerprint density at radius 1 is 1.42 bits per heavy atom. The largest absolute Gasteiger partial charge is 0.377 e. The topological polar surface area (TPSA) is 41.6 Å². The maximum Gasteiger partial charge on any atom is 0.254 e. The van der Waals surface area contributed by atoms with E-state index in [4.69, 9.17) is 4.74 Å². The summed E-state index contributed by atoms with van der Waals surface area (Å²) in [5.41, 5.74) is 1.94. The smallest absolute Gasteiger partial charge is 0.254 e. The van der Waals surface area contributed by atoms with E-state index >= 15 is 0 Å². The van der Waals surface area contributed by atoms with Crippen LogP contribution in [0.3, 0.4) is 0 Å². The van der Waals surface area contributed by atoms with Crippen LogP contribution in [0.15, 0.2) is 24.3 Å². The van der Waals surface area contributed by atoms with E-state index in [0.29, 0.717) is 19.8 Å². The fourth-order valence-corrected chi connectivity index (χ4v) is 2.33. The van der Waals surface area contributed by atoms with Crippen LogP contribution in [-0.4, -0.2) is 50.2 Å². The van der Waals surface area contributed by atoms with Gasteiger partial charge in [-0.05, 0) is 39.1 Å². The molecule has 1 heterocycles. The molecule has 1 atom stereocenters. The van der Waals surface area contributed by atoms with E-state index in [-0.39, 0.29) is 11.9 Å². The third kappa shape index (κ3) is 3.55. The second kappa shape index (κ2) is 6.68. The molecule has 0 aromatic heterocycles. The highest BCUT2D eigenvalue weighted by Crippen LogP contribution is 2.15. The molecule has 1 aliphatic rings. The first-order valence-electron chi connectivity index (χ1n) is 6.82. The number of ether oxygens (including phenoxy) is 1. The molecule has 0 bridgehead atoms. The standard InChI is InChI=1S/C15H22N2O2/c1-12-3-5-13(6-4-12)15(18)17-9-10-19-11-14(17)7-8-16-2/h3-6,14,16H,7-11H2,1-2H3. The highest BCUT2D eigenvalue weighted by Gasteiger charge is 2.27. The van der Waals surface area contributed by atoms with Crippen LogP contribution in [0.1, 0.15) is 22.3 Å². The van der Waals surface area contributed by atoms with Crippen LogP contribution in [0.5, 0.6) is 0 Å². The summed E-state index contributed by atoms with van der Waals surface area (Å²) in [6, 6.07) is 7.95. The highest BCUT2D eigenvalue weighted by molar-refractivity contribution is 5.94. The van der Waals surface area contributed by atoms with Crippen molar-refractivity contribution in [2.45, 2.75) is 19.4 Å². The monoisotopic (exact) mass is 262 g/mol. The molecule has 1 aromatic carbocycles. The van der Waals surface area contributed by atoms with Crippen LogP contribution in [-0.2, 0) is 4.74 Å². The van der Waals surface area contributed by atoms with E-state index in [9.17, 15) is 4.79 Å². The van der Waals surface area contributed by atoms with E-state index < -0.39 is 0 Å². The number of benzene rings is 1. The van der Waals surface area contributed by atoms with E-state index in [1.165, 1.54) is 5.56 Å². The highest BCUT2D eigenvalue weighted by atomic mass is 16.5. The third-order valence-electron chi connectivity index (χ3n) is 3.51. The Labute approximate surface area is 114 Å². The summed E-state index contributed by atoms with van der Waals surface area (Å²) in [4.78, 5) is 14.5. The van der Waals surface area contributed by atoms with E-state index in [1.807, 2.05) is 43.1 Å². The second-order valence-electron chi connectivity index (χ2n) is 4.99. The summed E-state index contributed by atoms with van der Waals surface area (Å²) in [5, 5.41) is 3.13. The van der Waals surface area contributed by atoms with E-state index in [0.717, 1.165) is 18.5 Å². The minimum Gasteiger partial charge on any atom is -0.377 e. The van der Waals surface area contributed by atoms with Crippen molar-refractivity contribution in [1.29, 1.82) is 0 Å². The number of nitrogens with one attached hydrogen (secondary N) is 1. The molecule has 104 valence electrons. The van der Waals surface area contributed by atoms with E-state index in [2.05, 4.69) is 5.32 Å². The predicted molar refractivity (Wildman–Crippen MR) is 75.4 cm³/mol. The molecule has 0 saturated carbocycles. The van der Waals surface area contributed by atoms with Crippen LogP contribution in [0.4, 0.5) is 0 Å². The summed E-state index contributed by atoms with van der Waals surface area (Å²) in [6.45, 7) is 4.87. The Morgan fingerprint density at radius 2 is 2.16 bits per heavy atom. The summed E-state index contributed by atoms with van der Waals surface area (Å²) < 4.78 is 5.49. The van der Waals surface area contributed by atoms with Crippen LogP contribution in [0, 0.1) is 6.92 Å². The molecule has 0 spiro atoms. The fourth-order valence-electron chi connectivity index (χ4n) is 2.33. The number of carbonyl (C=O) groups is 1. The molecule has 1 unspecified atom stereocenters. The lowest BCUT2D eigenvalue weighted by atomic mass is 10.1. The Hall–Kier alpha value is -1.39. The van der Waals surface area contributed by atoms with Crippen molar-refractivity contribution in [2.24, 2.45) is 0 Å². The molecule has 1 fully saturated rings. The lowest BCUT2D eigenvalue weighted by Crippen LogP contribution is -2.49. The van der Waals surface area contributed by atoms with Gasteiger partial charge in [-0.2, -0.15) is 0 Å². The maximum atomic E-state index is 12.5. The Kier molecular flexibility index (Phi) is 4.93. The SMILES string of the molecule is CNCCC1COCCN1C(=O)c1ccc(C)cc1. The zero-order valence-electron chi connectivity index (χ0n) is 11.7. The number of amides is 1. The molecule has 1 amide bonds. The van der Waals surface area contributed by atoms with Gasteiger partial charge in [-0.1, -0.05) is 17.7 Å². The van der Waals surface area contributed by atoms with Gasteiger partial charge in [0.05, 0.1) is 19.3 Å². The zero-order chi connectivity index (χ0) is 13.7. The Bertz CT molecular complexity index is 417. The minimum absolute atomic E-state index is 0.115. The molecule has 2 rings (SSSR count). The molecular formula is C15H22N2O2. The minimum atomic E-state index is 0.115. The number of hydrogen-bond donors (Lipinski definition) is 1. The van der Waals surface area contributed by atoms with Crippen molar-refractivity contribution >= 4 is 5.91 Å². The normalized spacial score (nSPS) is 19.5. The second-order valence-corrected chi connectivity index (χ2v) is 4.99. The van der Waals surface area contributed by atoms with Gasteiger partial charge in [0.2, 0.25) is 0 Å². The summed E-state index contributed by atoms with van der Waals surface area (Å²) in [7, 11) is 1.93. The summed E-state index contributed by atoms with van der Waals surface area (Å²) in [6.07, 6.45) is 0.925. The average molecular weight is 262 g/mol. The van der Waals surface area contributed by atoms with Crippen molar-refractivity contribution in [3.8, 4) is 0 Å². The van der Waals surface area contributed by atoms with E-state index in [1.54, 1.807) is 0 Å². The van der Waals surface area contributed by atoms with Crippen molar-refractivity contribution in [3.63, 3.8) is 0 Å². The number of nitrogens with zero attached hydrogens (tertiary/aromatic N) is 1. The number of hydrogen-bond acceptors (Lipinski definition) is 3. The van der Waals surface area contributed by atoms with Crippen molar-refractivity contribution in [1.82, 2.24) is 10.2 Å². The summed E-state index contributed by atoms with van der Waals surface area (Å²) in [5.74, 6) is 0.115. The van der Waals surface area contributed by atoms with Gasteiger partial charge in [-0.25, -0.2) is 0 Å². The number of morpholine rings is 1. The average Bonchev–Trinajstić information content (AvgIpc) is 2.45. The Morgan fingerprint density at radius 3 is 2.84 bits per heavy atom. The molecule has 0 radical (unpaired) electrons. The molecule has 1 saturated heterocycles. The first kappa shape index (κ1) is 14.0. The molecule has 1 aliphatic heterocycles. The summed E-state index contributed by atoms with van der Waals surface area (Å²) >= 11 is 0. The quantitative estimate of drug-likeness (QED) is 0.893. The van der Waals surface area contributed by atoms with Gasteiger partial charge in [0.25, 0.3) is 5.91 Å². The number of rotatable bonds is 4. The Balaban J connectivity index is 2.08. The van der Waals surface area contributed by atoms with Gasteiger partial charge >= 0.3 is 0 Å². The molecule has 1 aromatic rings. The predicted octanol–water partition coefficient (Wildman–Crippen LogP) is 1.45. The van der Waals surface area contributed by atoms with Crippen LogP contribution >= 0.6 is 0 Å². The van der Waals surface area contributed by atoms with Crippen LogP contribution in [0.2, 0.25) is 0 Å². The fraction of sp³-hybridized carbons (Fsp3) is 0.533. The number of carbonyl (C=O) groups excluding carboxylic acids is 1. The van der Waals surface area contributed by atoms with Crippen molar-refractivity contribution in [2.75, 3.05) is 33.4 Å². The number of aryl methyl sites for hydroxylation is 1.